The van der Waals surface area contributed by atoms with Gasteiger partial charge < -0.3 is 15.0 Å². The smallest absolute Gasteiger partial charge is 0.337 e. The molecule has 2 aromatic heterocycles. The van der Waals surface area contributed by atoms with E-state index in [-0.39, 0.29) is 17.2 Å². The lowest BCUT2D eigenvalue weighted by Crippen LogP contribution is -2.20. The number of aryl methyl sites for hydroxylation is 2. The van der Waals surface area contributed by atoms with Gasteiger partial charge >= 0.3 is 5.97 Å². The fourth-order valence-corrected chi connectivity index (χ4v) is 3.89. The monoisotopic (exact) mass is 440 g/mol. The number of hydrogen-bond acceptors (Lipinski definition) is 4. The molecular formula is C26H24N4O3. The van der Waals surface area contributed by atoms with Crippen LogP contribution in [0.15, 0.2) is 59.7 Å². The van der Waals surface area contributed by atoms with Crippen LogP contribution in [0.3, 0.4) is 0 Å². The van der Waals surface area contributed by atoms with Crippen LogP contribution in [-0.2, 0) is 14.1 Å². The number of carboxylic acid groups (broad SMARTS) is 1. The Hall–Kier alpha value is -4.31. The first-order valence-corrected chi connectivity index (χ1v) is 10.5. The number of nitrogens with one attached hydrogen (secondary N) is 1. The van der Waals surface area contributed by atoms with Crippen molar-refractivity contribution < 1.29 is 9.90 Å². The summed E-state index contributed by atoms with van der Waals surface area (Å²) >= 11 is 0. The van der Waals surface area contributed by atoms with E-state index in [1.54, 1.807) is 46.8 Å². The Morgan fingerprint density at radius 2 is 1.88 bits per heavy atom. The molecule has 0 bridgehead atoms. The van der Waals surface area contributed by atoms with Gasteiger partial charge in [0.05, 0.1) is 23.0 Å². The number of nitrogens with zero attached hydrogens (tertiary/aromatic N) is 3. The van der Waals surface area contributed by atoms with Crippen molar-refractivity contribution in [2.45, 2.75) is 19.9 Å². The summed E-state index contributed by atoms with van der Waals surface area (Å²) in [5.74, 6) is 5.15. The van der Waals surface area contributed by atoms with Gasteiger partial charge in [0.2, 0.25) is 0 Å². The first-order valence-electron chi connectivity index (χ1n) is 10.5. The molecule has 0 aliphatic heterocycles. The predicted molar refractivity (Wildman–Crippen MR) is 129 cm³/mol. The van der Waals surface area contributed by atoms with Gasteiger partial charge in [-0.25, -0.2) is 4.79 Å². The minimum absolute atomic E-state index is 0.133. The van der Waals surface area contributed by atoms with Crippen molar-refractivity contribution in [3.8, 4) is 11.8 Å². The Labute approximate surface area is 191 Å². The van der Waals surface area contributed by atoms with Crippen LogP contribution in [0.1, 0.15) is 45.7 Å². The maximum atomic E-state index is 13.2. The van der Waals surface area contributed by atoms with Crippen molar-refractivity contribution in [3.05, 3.63) is 93.2 Å². The second-order valence-corrected chi connectivity index (χ2v) is 8.08. The number of hydrogen-bond donors (Lipinski definition) is 2. The Morgan fingerprint density at radius 1 is 1.12 bits per heavy atom. The average Bonchev–Trinajstić information content (AvgIpc) is 3.20. The van der Waals surface area contributed by atoms with Gasteiger partial charge in [0.15, 0.2) is 0 Å². The lowest BCUT2D eigenvalue weighted by molar-refractivity contribution is 0.0698. The molecule has 0 spiro atoms. The molecule has 0 saturated carbocycles. The van der Waals surface area contributed by atoms with Crippen molar-refractivity contribution in [1.29, 1.82) is 0 Å². The highest BCUT2D eigenvalue weighted by atomic mass is 16.4. The molecule has 2 N–H and O–H groups in total. The maximum Gasteiger partial charge on any atom is 0.337 e. The highest BCUT2D eigenvalue weighted by Crippen LogP contribution is 2.29. The first-order chi connectivity index (χ1) is 15.7. The number of carbonyl (C=O) groups is 1. The standard InChI is InChI=1S/C26H24N4O3/c1-16-11-21(17(2)28-24-8-6-5-7-20(24)26(32)33)22-13-19(30(4)25(31)23(22)12-16)10-9-18-14-27-29(3)15-18/h5-8,11-15,17,28H,1-4H3,(H,32,33). The highest BCUT2D eigenvalue weighted by molar-refractivity contribution is 5.94. The zero-order valence-corrected chi connectivity index (χ0v) is 18.9. The van der Waals surface area contributed by atoms with Gasteiger partial charge in [0.1, 0.15) is 0 Å². The number of para-hydroxylation sites is 1. The van der Waals surface area contributed by atoms with E-state index in [1.165, 1.54) is 0 Å². The minimum atomic E-state index is -0.999. The SMILES string of the molecule is Cc1cc(C(C)Nc2ccccc2C(=O)O)c2cc(C#Cc3cnn(C)c3)n(C)c(=O)c2c1. The number of aromatic nitrogens is 3. The number of rotatable bonds is 4. The number of benzene rings is 2. The lowest BCUT2D eigenvalue weighted by atomic mass is 9.96. The molecule has 166 valence electrons. The summed E-state index contributed by atoms with van der Waals surface area (Å²) in [4.78, 5) is 24.8. The van der Waals surface area contributed by atoms with Crippen LogP contribution < -0.4 is 10.9 Å². The third-order valence-corrected chi connectivity index (χ3v) is 5.57. The molecule has 1 unspecified atom stereocenters. The number of aromatic carboxylic acids is 1. The van der Waals surface area contributed by atoms with Crippen molar-refractivity contribution in [3.63, 3.8) is 0 Å². The van der Waals surface area contributed by atoms with E-state index in [2.05, 4.69) is 22.3 Å². The van der Waals surface area contributed by atoms with Gasteiger partial charge in [-0.3, -0.25) is 9.48 Å². The number of fused-ring (bicyclic) bond motifs is 1. The van der Waals surface area contributed by atoms with Gasteiger partial charge in [-0.05, 0) is 60.5 Å². The van der Waals surface area contributed by atoms with Crippen LogP contribution in [0.4, 0.5) is 5.69 Å². The van der Waals surface area contributed by atoms with E-state index < -0.39 is 5.97 Å². The molecule has 4 rings (SSSR count). The zero-order chi connectivity index (χ0) is 23.7. The molecule has 2 heterocycles. The molecule has 7 nitrogen and oxygen atoms in total. The van der Waals surface area contributed by atoms with Crippen LogP contribution >= 0.6 is 0 Å². The number of carboxylic acids is 1. The second-order valence-electron chi connectivity index (χ2n) is 8.08. The first kappa shape index (κ1) is 21.9. The van der Waals surface area contributed by atoms with E-state index in [0.717, 1.165) is 22.1 Å². The third kappa shape index (κ3) is 4.37. The van der Waals surface area contributed by atoms with Crippen LogP contribution in [0.5, 0.6) is 0 Å². The van der Waals surface area contributed by atoms with Gasteiger partial charge in [-0.15, -0.1) is 0 Å². The normalized spacial score (nSPS) is 11.6. The molecular weight excluding hydrogens is 416 g/mol. The summed E-state index contributed by atoms with van der Waals surface area (Å²) in [6.45, 7) is 3.89. The zero-order valence-electron chi connectivity index (χ0n) is 18.9. The van der Waals surface area contributed by atoms with Crippen molar-refractivity contribution in [1.82, 2.24) is 14.3 Å². The summed E-state index contributed by atoms with van der Waals surface area (Å²) in [5.41, 5.74) is 3.77. The van der Waals surface area contributed by atoms with Crippen LogP contribution in [0.2, 0.25) is 0 Å². The third-order valence-electron chi connectivity index (χ3n) is 5.57. The molecule has 1 atom stereocenters. The molecule has 33 heavy (non-hydrogen) atoms. The predicted octanol–water partition coefficient (Wildman–Crippen LogP) is 3.85. The fraction of sp³-hybridized carbons (Fsp3) is 0.192. The molecule has 0 fully saturated rings. The summed E-state index contributed by atoms with van der Waals surface area (Å²) in [6.07, 6.45) is 3.49. The second kappa shape index (κ2) is 8.67. The molecule has 0 aliphatic carbocycles. The molecule has 0 radical (unpaired) electrons. The summed E-state index contributed by atoms with van der Waals surface area (Å²) in [7, 11) is 3.53. The Morgan fingerprint density at radius 3 is 2.58 bits per heavy atom. The van der Waals surface area contributed by atoms with Crippen LogP contribution in [0.25, 0.3) is 10.8 Å². The molecule has 4 aromatic rings. The highest BCUT2D eigenvalue weighted by Gasteiger charge is 2.17. The van der Waals surface area contributed by atoms with E-state index in [9.17, 15) is 14.7 Å². The Bertz CT molecular complexity index is 1500. The minimum Gasteiger partial charge on any atom is -0.478 e. The van der Waals surface area contributed by atoms with E-state index in [4.69, 9.17) is 0 Å². The summed E-state index contributed by atoms with van der Waals surface area (Å²) < 4.78 is 3.22. The quantitative estimate of drug-likeness (QED) is 0.471. The summed E-state index contributed by atoms with van der Waals surface area (Å²) in [5, 5.41) is 18.3. The lowest BCUT2D eigenvalue weighted by Gasteiger charge is -2.20. The van der Waals surface area contributed by atoms with Crippen LogP contribution in [-0.4, -0.2) is 25.4 Å². The van der Waals surface area contributed by atoms with Gasteiger partial charge in [0, 0.05) is 37.4 Å². The fourth-order valence-electron chi connectivity index (χ4n) is 3.89. The van der Waals surface area contributed by atoms with Gasteiger partial charge in [-0.1, -0.05) is 24.1 Å². The van der Waals surface area contributed by atoms with Crippen LogP contribution in [0, 0.1) is 18.8 Å². The molecule has 2 aromatic carbocycles. The molecule has 7 heteroatoms. The molecule has 0 aliphatic rings. The van der Waals surface area contributed by atoms with Crippen molar-refractivity contribution in [2.24, 2.45) is 14.1 Å². The maximum absolute atomic E-state index is 13.2. The topological polar surface area (TPSA) is 89.2 Å². The Balaban J connectivity index is 1.83. The summed E-state index contributed by atoms with van der Waals surface area (Å²) in [6, 6.07) is 12.3. The van der Waals surface area contributed by atoms with E-state index >= 15 is 0 Å². The van der Waals surface area contributed by atoms with Crippen molar-refractivity contribution in [2.75, 3.05) is 5.32 Å². The average molecular weight is 441 g/mol. The van der Waals surface area contributed by atoms with E-state index in [0.29, 0.717) is 16.8 Å². The molecule has 0 saturated heterocycles. The largest absolute Gasteiger partial charge is 0.478 e. The van der Waals surface area contributed by atoms with Gasteiger partial charge in [-0.2, -0.15) is 5.10 Å². The number of pyridine rings is 1. The van der Waals surface area contributed by atoms with Gasteiger partial charge in [0.25, 0.3) is 5.56 Å². The Kier molecular flexibility index (Phi) is 5.76. The molecule has 0 amide bonds. The van der Waals surface area contributed by atoms with E-state index in [1.807, 2.05) is 45.3 Å². The van der Waals surface area contributed by atoms with Crippen molar-refractivity contribution >= 4 is 22.4 Å². The number of anilines is 1.